The Labute approximate surface area is 157 Å². The Morgan fingerprint density at radius 2 is 1.70 bits per heavy atom. The Hall–Kier alpha value is -3.09. The van der Waals surface area contributed by atoms with Crippen LogP contribution >= 0.6 is 0 Å². The molecule has 144 valence electrons. The number of amides is 2. The SMILES string of the molecule is CC(C)(C)OC(=O)NCc1cccc(NC(=O)OCc2ccccc2)c1F. The number of alkyl carbamates (subject to hydrolysis) is 1. The van der Waals surface area contributed by atoms with Gasteiger partial charge in [0, 0.05) is 12.1 Å². The van der Waals surface area contributed by atoms with E-state index >= 15 is 0 Å². The third-order valence-corrected chi connectivity index (χ3v) is 3.35. The lowest BCUT2D eigenvalue weighted by atomic mass is 10.2. The maximum absolute atomic E-state index is 14.5. The van der Waals surface area contributed by atoms with E-state index in [1.54, 1.807) is 26.8 Å². The molecule has 6 nitrogen and oxygen atoms in total. The van der Waals surface area contributed by atoms with Crippen LogP contribution < -0.4 is 10.6 Å². The monoisotopic (exact) mass is 374 g/mol. The number of nitrogens with one attached hydrogen (secondary N) is 2. The van der Waals surface area contributed by atoms with Crippen molar-refractivity contribution in [2.75, 3.05) is 5.32 Å². The van der Waals surface area contributed by atoms with Gasteiger partial charge in [-0.2, -0.15) is 0 Å². The normalized spacial score (nSPS) is 10.8. The average molecular weight is 374 g/mol. The Kier molecular flexibility index (Phi) is 6.76. The number of hydrogen-bond acceptors (Lipinski definition) is 4. The Morgan fingerprint density at radius 3 is 2.37 bits per heavy atom. The third-order valence-electron chi connectivity index (χ3n) is 3.35. The molecular weight excluding hydrogens is 351 g/mol. The van der Waals surface area contributed by atoms with Crippen molar-refractivity contribution < 1.29 is 23.5 Å². The molecule has 2 N–H and O–H groups in total. The van der Waals surface area contributed by atoms with Gasteiger partial charge in [-0.05, 0) is 32.4 Å². The quantitative estimate of drug-likeness (QED) is 0.802. The number of carbonyl (C=O) groups is 2. The first-order valence-corrected chi connectivity index (χ1v) is 8.46. The molecule has 0 unspecified atom stereocenters. The van der Waals surface area contributed by atoms with Gasteiger partial charge in [-0.15, -0.1) is 0 Å². The van der Waals surface area contributed by atoms with Crippen LogP contribution in [-0.4, -0.2) is 17.8 Å². The molecule has 0 aliphatic heterocycles. The number of anilines is 1. The summed E-state index contributed by atoms with van der Waals surface area (Å²) in [6, 6.07) is 13.6. The standard InChI is InChI=1S/C20H23FN2O4/c1-20(2,3)27-18(24)22-12-15-10-7-11-16(17(15)21)23-19(25)26-13-14-8-5-4-6-9-14/h4-11H,12-13H2,1-3H3,(H,22,24)(H,23,25). The van der Waals surface area contributed by atoms with Gasteiger partial charge in [0.2, 0.25) is 0 Å². The van der Waals surface area contributed by atoms with Crippen LogP contribution in [0.4, 0.5) is 19.7 Å². The molecule has 2 rings (SSSR count). The van der Waals surface area contributed by atoms with E-state index in [2.05, 4.69) is 10.6 Å². The van der Waals surface area contributed by atoms with Crippen molar-refractivity contribution in [2.45, 2.75) is 39.5 Å². The molecule has 0 spiro atoms. The summed E-state index contributed by atoms with van der Waals surface area (Å²) in [6.45, 7) is 5.21. The van der Waals surface area contributed by atoms with Gasteiger partial charge in [-0.3, -0.25) is 5.32 Å². The van der Waals surface area contributed by atoms with Crippen LogP contribution in [0.5, 0.6) is 0 Å². The van der Waals surface area contributed by atoms with E-state index in [0.717, 1.165) is 5.56 Å². The molecule has 0 saturated heterocycles. The zero-order chi connectivity index (χ0) is 19.9. The van der Waals surface area contributed by atoms with Gasteiger partial charge in [-0.25, -0.2) is 14.0 Å². The second kappa shape index (κ2) is 9.02. The lowest BCUT2D eigenvalue weighted by Crippen LogP contribution is -2.32. The van der Waals surface area contributed by atoms with Crippen molar-refractivity contribution in [2.24, 2.45) is 0 Å². The molecule has 0 atom stereocenters. The summed E-state index contributed by atoms with van der Waals surface area (Å²) >= 11 is 0. The van der Waals surface area contributed by atoms with E-state index in [-0.39, 0.29) is 24.4 Å². The molecule has 0 fully saturated rings. The second-order valence-electron chi connectivity index (χ2n) is 6.82. The molecule has 0 aliphatic rings. The Balaban J connectivity index is 1.91. The van der Waals surface area contributed by atoms with Gasteiger partial charge < -0.3 is 14.8 Å². The number of hydrogen-bond donors (Lipinski definition) is 2. The van der Waals surface area contributed by atoms with Gasteiger partial charge in [0.15, 0.2) is 5.82 Å². The molecular formula is C20H23FN2O4. The molecule has 2 aromatic carbocycles. The lowest BCUT2D eigenvalue weighted by Gasteiger charge is -2.19. The number of ether oxygens (including phenoxy) is 2. The first-order valence-electron chi connectivity index (χ1n) is 8.46. The molecule has 27 heavy (non-hydrogen) atoms. The fraction of sp³-hybridized carbons (Fsp3) is 0.300. The van der Waals surface area contributed by atoms with Crippen molar-refractivity contribution in [3.8, 4) is 0 Å². The smallest absolute Gasteiger partial charge is 0.412 e. The minimum Gasteiger partial charge on any atom is -0.444 e. The van der Waals surface area contributed by atoms with Crippen LogP contribution in [0.15, 0.2) is 48.5 Å². The fourth-order valence-electron chi connectivity index (χ4n) is 2.16. The summed E-state index contributed by atoms with van der Waals surface area (Å²) in [4.78, 5) is 23.6. The van der Waals surface area contributed by atoms with E-state index in [0.29, 0.717) is 0 Å². The number of carbonyl (C=O) groups excluding carboxylic acids is 2. The Bertz CT molecular complexity index is 788. The van der Waals surface area contributed by atoms with Crippen LogP contribution in [0.2, 0.25) is 0 Å². The number of halogens is 1. The summed E-state index contributed by atoms with van der Waals surface area (Å²) in [7, 11) is 0. The molecule has 0 heterocycles. The zero-order valence-corrected chi connectivity index (χ0v) is 15.5. The molecule has 2 amide bonds. The predicted octanol–water partition coefficient (Wildman–Crippen LogP) is 4.60. The summed E-state index contributed by atoms with van der Waals surface area (Å²) < 4.78 is 24.7. The first-order chi connectivity index (χ1) is 12.7. The van der Waals surface area contributed by atoms with Crippen molar-refractivity contribution >= 4 is 17.9 Å². The van der Waals surface area contributed by atoms with Gasteiger partial charge in [0.05, 0.1) is 5.69 Å². The summed E-state index contributed by atoms with van der Waals surface area (Å²) in [5.74, 6) is -0.648. The fourth-order valence-corrected chi connectivity index (χ4v) is 2.16. The van der Waals surface area contributed by atoms with Crippen LogP contribution in [0.1, 0.15) is 31.9 Å². The molecule has 7 heteroatoms. The van der Waals surface area contributed by atoms with E-state index in [4.69, 9.17) is 9.47 Å². The van der Waals surface area contributed by atoms with Gasteiger partial charge in [0.1, 0.15) is 12.2 Å². The first kappa shape index (κ1) is 20.2. The molecule has 0 aromatic heterocycles. The average Bonchev–Trinajstić information content (AvgIpc) is 2.60. The molecule has 0 aliphatic carbocycles. The highest BCUT2D eigenvalue weighted by Crippen LogP contribution is 2.18. The predicted molar refractivity (Wildman–Crippen MR) is 99.7 cm³/mol. The lowest BCUT2D eigenvalue weighted by molar-refractivity contribution is 0.0523. The number of rotatable bonds is 5. The van der Waals surface area contributed by atoms with Crippen molar-refractivity contribution in [1.82, 2.24) is 5.32 Å². The van der Waals surface area contributed by atoms with Crippen LogP contribution in [0, 0.1) is 5.82 Å². The summed E-state index contributed by atoms with van der Waals surface area (Å²) in [6.07, 6.45) is -1.42. The van der Waals surface area contributed by atoms with E-state index in [9.17, 15) is 14.0 Å². The maximum Gasteiger partial charge on any atom is 0.412 e. The van der Waals surface area contributed by atoms with E-state index < -0.39 is 23.6 Å². The van der Waals surface area contributed by atoms with Crippen molar-refractivity contribution in [3.05, 3.63) is 65.5 Å². The minimum atomic E-state index is -0.769. The highest BCUT2D eigenvalue weighted by atomic mass is 19.1. The largest absolute Gasteiger partial charge is 0.444 e. The highest BCUT2D eigenvalue weighted by molar-refractivity contribution is 5.84. The van der Waals surface area contributed by atoms with Crippen LogP contribution in [0.3, 0.4) is 0 Å². The van der Waals surface area contributed by atoms with Gasteiger partial charge in [-0.1, -0.05) is 42.5 Å². The van der Waals surface area contributed by atoms with Gasteiger partial charge >= 0.3 is 12.2 Å². The van der Waals surface area contributed by atoms with E-state index in [1.165, 1.54) is 12.1 Å². The van der Waals surface area contributed by atoms with Gasteiger partial charge in [0.25, 0.3) is 0 Å². The molecule has 0 saturated carbocycles. The second-order valence-corrected chi connectivity index (χ2v) is 6.82. The molecule has 2 aromatic rings. The minimum absolute atomic E-state index is 0.0310. The van der Waals surface area contributed by atoms with Crippen molar-refractivity contribution in [1.29, 1.82) is 0 Å². The summed E-state index contributed by atoms with van der Waals surface area (Å²) in [5.41, 5.74) is 0.357. The Morgan fingerprint density at radius 1 is 1.00 bits per heavy atom. The van der Waals surface area contributed by atoms with E-state index in [1.807, 2.05) is 30.3 Å². The van der Waals surface area contributed by atoms with Crippen LogP contribution in [0.25, 0.3) is 0 Å². The molecule has 0 bridgehead atoms. The summed E-state index contributed by atoms with van der Waals surface area (Å²) in [5, 5.41) is 4.85. The zero-order valence-electron chi connectivity index (χ0n) is 15.5. The molecule has 0 radical (unpaired) electrons. The number of benzene rings is 2. The third kappa shape index (κ3) is 6.97. The topological polar surface area (TPSA) is 76.7 Å². The van der Waals surface area contributed by atoms with Crippen LogP contribution in [-0.2, 0) is 22.6 Å². The maximum atomic E-state index is 14.5. The van der Waals surface area contributed by atoms with Crippen molar-refractivity contribution in [3.63, 3.8) is 0 Å². The highest BCUT2D eigenvalue weighted by Gasteiger charge is 2.17.